The molecule has 0 saturated carbocycles. The number of hydrogen-bond acceptors (Lipinski definition) is 4. The zero-order valence-electron chi connectivity index (χ0n) is 18.2. The third-order valence-electron chi connectivity index (χ3n) is 5.25. The molecule has 0 aliphatic carbocycles. The fraction of sp³-hybridized carbons (Fsp3) is 0.0345. The Hall–Kier alpha value is -3.63. The topological polar surface area (TPSA) is 49.3 Å². The Kier molecular flexibility index (Phi) is 7.61. The number of para-hydroxylation sites is 2. The number of benzene rings is 3. The van der Waals surface area contributed by atoms with Crippen LogP contribution in [0.15, 0.2) is 115 Å². The van der Waals surface area contributed by atoms with Gasteiger partial charge in [0.15, 0.2) is 0 Å². The van der Waals surface area contributed by atoms with Crippen LogP contribution in [0.3, 0.4) is 0 Å². The number of anilines is 3. The molecular weight excluding hydrogens is 599 g/mol. The average Bonchev–Trinajstić information content (AvgIpc) is 2.90. The van der Waals surface area contributed by atoms with Crippen molar-refractivity contribution in [2.24, 2.45) is 0 Å². The monoisotopic (exact) mass is 620 g/mol. The van der Waals surface area contributed by atoms with Gasteiger partial charge in [-0.3, -0.25) is 4.98 Å². The minimum absolute atomic E-state index is 0. The molecule has 5 rings (SSSR count). The molecule has 169 valence electrons. The van der Waals surface area contributed by atoms with Crippen molar-refractivity contribution in [2.75, 3.05) is 4.90 Å². The summed E-state index contributed by atoms with van der Waals surface area (Å²) in [4.78, 5) is 11.5. The van der Waals surface area contributed by atoms with E-state index in [0.29, 0.717) is 17.2 Å². The van der Waals surface area contributed by atoms with Crippen LogP contribution in [0.25, 0.3) is 11.3 Å². The number of hydrogen-bond donors (Lipinski definition) is 1. The van der Waals surface area contributed by atoms with Crippen LogP contribution in [-0.2, 0) is 20.1 Å². The van der Waals surface area contributed by atoms with Gasteiger partial charge in [0.1, 0.15) is 11.9 Å². The third-order valence-corrected chi connectivity index (χ3v) is 5.25. The first-order chi connectivity index (χ1) is 16.3. The molecular formula is C29H21IrN3O-2. The Labute approximate surface area is 212 Å². The van der Waals surface area contributed by atoms with Crippen molar-refractivity contribution >= 4 is 17.2 Å². The molecule has 34 heavy (non-hydrogen) atoms. The van der Waals surface area contributed by atoms with Crippen LogP contribution in [0.1, 0.15) is 17.5 Å². The van der Waals surface area contributed by atoms with E-state index >= 15 is 0 Å². The molecule has 0 aliphatic heterocycles. The van der Waals surface area contributed by atoms with Crippen LogP contribution in [0, 0.1) is 12.1 Å². The molecule has 1 N–H and O–H groups in total. The minimum Gasteiger partial charge on any atom is -0.380 e. The standard InChI is InChI=1S/C29H21N3O.Ir/c33-29(26-19-10-18-25(30-26)22-12-4-1-5-13-22)27-20-11-21-28(31-27)32(23-14-6-2-7-15-23)24-16-8-3-9-17-24;/h1-12,14-16,18-21,29,33H;/q-2;. The summed E-state index contributed by atoms with van der Waals surface area (Å²) < 4.78 is 0. The zero-order valence-corrected chi connectivity index (χ0v) is 20.6. The van der Waals surface area contributed by atoms with Gasteiger partial charge in [-0.2, -0.15) is 24.3 Å². The summed E-state index contributed by atoms with van der Waals surface area (Å²) in [6, 6.07) is 43.1. The Morgan fingerprint density at radius 3 is 2.03 bits per heavy atom. The van der Waals surface area contributed by atoms with Gasteiger partial charge in [-0.25, -0.2) is 4.98 Å². The molecule has 0 saturated heterocycles. The maximum atomic E-state index is 11.1. The van der Waals surface area contributed by atoms with Gasteiger partial charge in [-0.05, 0) is 36.0 Å². The van der Waals surface area contributed by atoms with E-state index in [2.05, 4.69) is 17.1 Å². The summed E-state index contributed by atoms with van der Waals surface area (Å²) in [5, 5.41) is 11.1. The van der Waals surface area contributed by atoms with E-state index in [-0.39, 0.29) is 20.1 Å². The van der Waals surface area contributed by atoms with Crippen molar-refractivity contribution < 1.29 is 25.2 Å². The first-order valence-corrected chi connectivity index (χ1v) is 10.7. The summed E-state index contributed by atoms with van der Waals surface area (Å²) in [6.07, 6.45) is -0.967. The van der Waals surface area contributed by atoms with Gasteiger partial charge in [0.05, 0.1) is 11.4 Å². The summed E-state index contributed by atoms with van der Waals surface area (Å²) in [5.41, 5.74) is 4.51. The van der Waals surface area contributed by atoms with E-state index in [1.165, 1.54) is 0 Å². The third kappa shape index (κ3) is 5.13. The molecule has 5 heteroatoms. The molecule has 2 aromatic heterocycles. The number of aromatic nitrogens is 2. The normalized spacial score (nSPS) is 11.3. The van der Waals surface area contributed by atoms with E-state index in [0.717, 1.165) is 22.6 Å². The molecule has 1 atom stereocenters. The molecule has 4 nitrogen and oxygen atoms in total. The Bertz CT molecular complexity index is 1290. The fourth-order valence-electron chi connectivity index (χ4n) is 3.67. The van der Waals surface area contributed by atoms with Crippen LogP contribution in [0.5, 0.6) is 0 Å². The van der Waals surface area contributed by atoms with Gasteiger partial charge in [-0.15, -0.1) is 42.0 Å². The number of pyridine rings is 2. The molecule has 0 bridgehead atoms. The van der Waals surface area contributed by atoms with Gasteiger partial charge >= 0.3 is 0 Å². The molecule has 1 radical (unpaired) electrons. The SMILES string of the molecule is OC(c1cccc(-c2[c-]cccc2)n1)c1cccc(N(c2[c-]cccc2)c2ccccc2)n1.[Ir]. The second kappa shape index (κ2) is 11.0. The van der Waals surface area contributed by atoms with E-state index in [1.807, 2.05) is 120 Å². The molecule has 5 aromatic rings. The minimum atomic E-state index is -0.967. The van der Waals surface area contributed by atoms with Crippen molar-refractivity contribution in [1.82, 2.24) is 9.97 Å². The van der Waals surface area contributed by atoms with Gasteiger partial charge < -0.3 is 10.0 Å². The Morgan fingerprint density at radius 2 is 1.32 bits per heavy atom. The van der Waals surface area contributed by atoms with E-state index < -0.39 is 6.10 Å². The van der Waals surface area contributed by atoms with Crippen molar-refractivity contribution in [1.29, 1.82) is 0 Å². The van der Waals surface area contributed by atoms with Gasteiger partial charge in [0.2, 0.25) is 0 Å². The molecule has 0 spiro atoms. The van der Waals surface area contributed by atoms with E-state index in [9.17, 15) is 5.11 Å². The van der Waals surface area contributed by atoms with Crippen LogP contribution >= 0.6 is 0 Å². The van der Waals surface area contributed by atoms with Crippen molar-refractivity contribution in [3.63, 3.8) is 0 Å². The largest absolute Gasteiger partial charge is 0.380 e. The zero-order chi connectivity index (χ0) is 22.5. The quantitative estimate of drug-likeness (QED) is 0.227. The van der Waals surface area contributed by atoms with Gasteiger partial charge in [0, 0.05) is 25.8 Å². The second-order valence-corrected chi connectivity index (χ2v) is 7.47. The van der Waals surface area contributed by atoms with Crippen LogP contribution in [0.2, 0.25) is 0 Å². The molecule has 0 amide bonds. The van der Waals surface area contributed by atoms with Crippen LogP contribution in [-0.4, -0.2) is 15.1 Å². The van der Waals surface area contributed by atoms with Crippen molar-refractivity contribution in [3.05, 3.63) is 139 Å². The molecule has 0 aliphatic rings. The molecule has 3 aromatic carbocycles. The summed E-state index contributed by atoms with van der Waals surface area (Å²) in [5.74, 6) is 0.688. The van der Waals surface area contributed by atoms with Crippen LogP contribution in [0.4, 0.5) is 17.2 Å². The van der Waals surface area contributed by atoms with Crippen molar-refractivity contribution in [2.45, 2.75) is 6.10 Å². The first-order valence-electron chi connectivity index (χ1n) is 10.7. The number of aliphatic hydroxyl groups is 1. The Morgan fingerprint density at radius 1 is 0.647 bits per heavy atom. The molecule has 2 heterocycles. The average molecular weight is 620 g/mol. The summed E-state index contributed by atoms with van der Waals surface area (Å²) in [7, 11) is 0. The summed E-state index contributed by atoms with van der Waals surface area (Å²) in [6.45, 7) is 0. The number of nitrogens with zero attached hydrogens (tertiary/aromatic N) is 3. The van der Waals surface area contributed by atoms with Crippen molar-refractivity contribution in [3.8, 4) is 11.3 Å². The van der Waals surface area contributed by atoms with Crippen LogP contribution < -0.4 is 4.90 Å². The van der Waals surface area contributed by atoms with Gasteiger partial charge in [0.25, 0.3) is 0 Å². The summed E-state index contributed by atoms with van der Waals surface area (Å²) >= 11 is 0. The number of aliphatic hydroxyl groups excluding tert-OH is 1. The molecule has 1 unspecified atom stereocenters. The maximum absolute atomic E-state index is 11.1. The fourth-order valence-corrected chi connectivity index (χ4v) is 3.67. The smallest absolute Gasteiger partial charge is 0.137 e. The number of rotatable bonds is 6. The first kappa shape index (κ1) is 23.5. The maximum Gasteiger partial charge on any atom is 0.137 e. The predicted molar refractivity (Wildman–Crippen MR) is 130 cm³/mol. The Balaban J connectivity index is 0.00000274. The second-order valence-electron chi connectivity index (χ2n) is 7.47. The van der Waals surface area contributed by atoms with E-state index in [1.54, 1.807) is 0 Å². The van der Waals surface area contributed by atoms with Gasteiger partial charge in [-0.1, -0.05) is 42.1 Å². The predicted octanol–water partition coefficient (Wildman–Crippen LogP) is 6.29. The molecule has 0 fully saturated rings. The van der Waals surface area contributed by atoms with E-state index in [4.69, 9.17) is 4.98 Å².